The van der Waals surface area contributed by atoms with Crippen LogP contribution in [0.25, 0.3) is 10.9 Å². The van der Waals surface area contributed by atoms with E-state index < -0.39 is 30.1 Å². The van der Waals surface area contributed by atoms with Gasteiger partial charge in [0, 0.05) is 24.1 Å². The van der Waals surface area contributed by atoms with Crippen molar-refractivity contribution in [2.75, 3.05) is 20.1 Å². The molecule has 0 aliphatic carbocycles. The summed E-state index contributed by atoms with van der Waals surface area (Å²) in [4.78, 5) is 37.0. The van der Waals surface area contributed by atoms with E-state index in [2.05, 4.69) is 35.4 Å². The Labute approximate surface area is 158 Å². The number of aromatic amines is 1. The van der Waals surface area contributed by atoms with Crippen molar-refractivity contribution in [3.05, 3.63) is 36.0 Å². The Morgan fingerprint density at radius 1 is 1.22 bits per heavy atom. The average Bonchev–Trinajstić information content (AvgIpc) is 2.93. The minimum absolute atomic E-state index is 0.293. The van der Waals surface area contributed by atoms with Crippen molar-refractivity contribution < 1.29 is 24.2 Å². The topological polar surface area (TPSA) is 112 Å². The molecule has 0 aliphatic heterocycles. The number of carboxylic acid groups (broad SMARTS) is 1. The molecule has 0 fully saturated rings. The number of alkyl carbamates (subject to hydrolysis) is 1. The maximum absolute atomic E-state index is 11.3. The number of aromatic nitrogens is 1. The lowest BCUT2D eigenvalue weighted by molar-refractivity contribution is -0.143. The molecular weight excluding hydrogens is 350 g/mol. The van der Waals surface area contributed by atoms with Gasteiger partial charge in [0.25, 0.3) is 0 Å². The molecule has 8 nitrogen and oxygen atoms in total. The van der Waals surface area contributed by atoms with Crippen LogP contribution in [-0.2, 0) is 14.3 Å². The van der Waals surface area contributed by atoms with Crippen molar-refractivity contribution in [3.63, 3.8) is 0 Å². The molecule has 0 unspecified atom stereocenters. The van der Waals surface area contributed by atoms with E-state index in [1.165, 1.54) is 23.5 Å². The second-order valence-corrected chi connectivity index (χ2v) is 7.02. The number of hydrogen-bond acceptors (Lipinski definition) is 4. The molecule has 2 amide bonds. The molecule has 0 aliphatic rings. The number of aryl methyl sites for hydroxylation is 1. The van der Waals surface area contributed by atoms with Crippen LogP contribution in [0.4, 0.5) is 4.79 Å². The van der Waals surface area contributed by atoms with E-state index in [0.717, 1.165) is 4.90 Å². The summed E-state index contributed by atoms with van der Waals surface area (Å²) in [6, 6.07) is 8.31. The summed E-state index contributed by atoms with van der Waals surface area (Å²) in [7, 11) is 1.34. The molecule has 0 saturated carbocycles. The van der Waals surface area contributed by atoms with Gasteiger partial charge in [-0.3, -0.25) is 9.59 Å². The minimum atomic E-state index is -1.11. The normalized spacial score (nSPS) is 10.6. The smallest absolute Gasteiger partial charge is 0.408 e. The number of fused-ring (bicyclic) bond motifs is 1. The number of ether oxygens (including phenoxy) is 1. The summed E-state index contributed by atoms with van der Waals surface area (Å²) in [5.41, 5.74) is 1.90. The third-order valence-corrected chi connectivity index (χ3v) is 3.38. The fourth-order valence-electron chi connectivity index (χ4n) is 2.10. The van der Waals surface area contributed by atoms with Gasteiger partial charge in [-0.05, 0) is 39.3 Å². The van der Waals surface area contributed by atoms with Gasteiger partial charge < -0.3 is 25.0 Å². The molecule has 8 heteroatoms. The number of nitrogens with zero attached hydrogens (tertiary/aromatic N) is 1. The first-order chi connectivity index (χ1) is 12.5. The number of rotatable bonds is 4. The average molecular weight is 377 g/mol. The first kappa shape index (κ1) is 22.0. The number of carbonyl (C=O) groups excluding carboxylic acids is 2. The number of nitrogens with one attached hydrogen (secondary N) is 2. The highest BCUT2D eigenvalue weighted by Crippen LogP contribution is 2.15. The summed E-state index contributed by atoms with van der Waals surface area (Å²) in [5.74, 6) is -1.61. The quantitative estimate of drug-likeness (QED) is 0.758. The largest absolute Gasteiger partial charge is 0.480 e. The fraction of sp³-hybridized carbons (Fsp3) is 0.421. The Morgan fingerprint density at radius 2 is 1.85 bits per heavy atom. The second kappa shape index (κ2) is 9.61. The van der Waals surface area contributed by atoms with Crippen LogP contribution in [-0.4, -0.2) is 58.7 Å². The van der Waals surface area contributed by atoms with Crippen LogP contribution in [0.3, 0.4) is 0 Å². The number of hydrogen-bond donors (Lipinski definition) is 3. The van der Waals surface area contributed by atoms with Crippen LogP contribution >= 0.6 is 0 Å². The van der Waals surface area contributed by atoms with Crippen LogP contribution in [0.5, 0.6) is 0 Å². The number of likely N-dealkylation sites (N-methyl/N-ethyl adjacent to an activating group) is 1. The van der Waals surface area contributed by atoms with Gasteiger partial charge in [0.1, 0.15) is 18.7 Å². The van der Waals surface area contributed by atoms with Crippen LogP contribution < -0.4 is 5.32 Å². The van der Waals surface area contributed by atoms with Gasteiger partial charge >= 0.3 is 12.1 Å². The number of para-hydroxylation sites is 1. The molecule has 1 heterocycles. The lowest BCUT2D eigenvalue weighted by Gasteiger charge is -2.20. The summed E-state index contributed by atoms with van der Waals surface area (Å²) in [6.07, 6.45) is 1.32. The van der Waals surface area contributed by atoms with E-state index in [4.69, 9.17) is 9.84 Å². The number of carbonyl (C=O) groups is 3. The summed E-state index contributed by atoms with van der Waals surface area (Å²) < 4.78 is 4.91. The van der Waals surface area contributed by atoms with Gasteiger partial charge in [-0.25, -0.2) is 4.79 Å². The lowest BCUT2D eigenvalue weighted by atomic mass is 10.2. The van der Waals surface area contributed by atoms with E-state index in [0.29, 0.717) is 0 Å². The Morgan fingerprint density at radius 3 is 2.41 bits per heavy atom. The first-order valence-corrected chi connectivity index (χ1v) is 8.45. The van der Waals surface area contributed by atoms with Gasteiger partial charge in [-0.1, -0.05) is 18.2 Å². The zero-order valence-electron chi connectivity index (χ0n) is 16.3. The Bertz CT molecular complexity index is 792. The minimum Gasteiger partial charge on any atom is -0.480 e. The molecule has 0 spiro atoms. The van der Waals surface area contributed by atoms with Crippen LogP contribution in [0, 0.1) is 6.92 Å². The van der Waals surface area contributed by atoms with Crippen molar-refractivity contribution in [1.82, 2.24) is 15.2 Å². The van der Waals surface area contributed by atoms with E-state index in [9.17, 15) is 14.4 Å². The highest BCUT2D eigenvalue weighted by atomic mass is 16.6. The number of amides is 2. The van der Waals surface area contributed by atoms with E-state index >= 15 is 0 Å². The molecule has 3 N–H and O–H groups in total. The van der Waals surface area contributed by atoms with Gasteiger partial charge in [0.15, 0.2) is 0 Å². The summed E-state index contributed by atoms with van der Waals surface area (Å²) in [5, 5.41) is 12.0. The molecule has 0 bridgehead atoms. The molecule has 27 heavy (non-hydrogen) atoms. The molecule has 0 atom stereocenters. The third kappa shape index (κ3) is 8.26. The van der Waals surface area contributed by atoms with Crippen molar-refractivity contribution in [2.24, 2.45) is 0 Å². The van der Waals surface area contributed by atoms with E-state index in [1.807, 2.05) is 12.3 Å². The molecule has 2 aromatic rings. The Kier molecular flexibility index (Phi) is 7.83. The third-order valence-electron chi connectivity index (χ3n) is 3.38. The molecule has 1 aromatic carbocycles. The number of H-pyrrole nitrogens is 1. The second-order valence-electron chi connectivity index (χ2n) is 7.02. The van der Waals surface area contributed by atoms with Crippen molar-refractivity contribution in [3.8, 4) is 0 Å². The lowest BCUT2D eigenvalue weighted by Crippen LogP contribution is -2.41. The van der Waals surface area contributed by atoms with Gasteiger partial charge in [-0.15, -0.1) is 0 Å². The van der Waals surface area contributed by atoms with E-state index in [1.54, 1.807) is 20.8 Å². The van der Waals surface area contributed by atoms with Crippen molar-refractivity contribution in [2.45, 2.75) is 33.3 Å². The standard InChI is InChI=1S/C10H18N2O5.C9H9N/c1-10(2,3)17-9(16)11-5-7(13)12(4)6-8(14)15;1-7-6-10-9-5-3-2-4-8(7)9/h5-6H2,1-4H3,(H,11,16)(H,14,15);2-6,10H,1H3. The Hall–Kier alpha value is -3.03. The molecular formula is C19H27N3O5. The number of carboxylic acids is 1. The highest BCUT2D eigenvalue weighted by molar-refractivity contribution is 5.85. The van der Waals surface area contributed by atoms with Crippen molar-refractivity contribution >= 4 is 28.9 Å². The van der Waals surface area contributed by atoms with Crippen LogP contribution in [0.2, 0.25) is 0 Å². The van der Waals surface area contributed by atoms with Gasteiger partial charge in [0.2, 0.25) is 5.91 Å². The SMILES string of the molecule is CN(CC(=O)O)C(=O)CNC(=O)OC(C)(C)C.Cc1c[nH]c2ccccc12. The van der Waals surface area contributed by atoms with Gasteiger partial charge in [-0.2, -0.15) is 0 Å². The van der Waals surface area contributed by atoms with Crippen LogP contribution in [0.1, 0.15) is 26.3 Å². The molecule has 148 valence electrons. The molecule has 0 saturated heterocycles. The number of aliphatic carboxylic acids is 1. The van der Waals surface area contributed by atoms with Crippen molar-refractivity contribution in [1.29, 1.82) is 0 Å². The highest BCUT2D eigenvalue weighted by Gasteiger charge is 2.18. The first-order valence-electron chi connectivity index (χ1n) is 8.45. The maximum atomic E-state index is 11.3. The maximum Gasteiger partial charge on any atom is 0.408 e. The Balaban J connectivity index is 0.000000303. The summed E-state index contributed by atoms with van der Waals surface area (Å²) in [6.45, 7) is 6.51. The molecule has 0 radical (unpaired) electrons. The van der Waals surface area contributed by atoms with Gasteiger partial charge in [0.05, 0.1) is 0 Å². The van der Waals surface area contributed by atoms with E-state index in [-0.39, 0.29) is 6.54 Å². The number of benzene rings is 1. The van der Waals surface area contributed by atoms with Crippen LogP contribution in [0.15, 0.2) is 30.5 Å². The zero-order chi connectivity index (χ0) is 20.6. The molecule has 1 aromatic heterocycles. The molecule has 2 rings (SSSR count). The fourth-order valence-corrected chi connectivity index (χ4v) is 2.10. The monoisotopic (exact) mass is 377 g/mol. The predicted molar refractivity (Wildman–Crippen MR) is 103 cm³/mol. The predicted octanol–water partition coefficient (Wildman–Crippen LogP) is 2.53. The zero-order valence-corrected chi connectivity index (χ0v) is 16.3. The summed E-state index contributed by atoms with van der Waals surface area (Å²) >= 11 is 0.